The van der Waals surface area contributed by atoms with E-state index in [-0.39, 0.29) is 11.6 Å². The quantitative estimate of drug-likeness (QED) is 0.647. The second-order valence-electron chi connectivity index (χ2n) is 6.70. The molecule has 5 nitrogen and oxygen atoms in total. The molecular formula is C20H18F3N3O2. The van der Waals surface area contributed by atoms with E-state index < -0.39 is 6.36 Å². The Morgan fingerprint density at radius 1 is 1.00 bits per heavy atom. The van der Waals surface area contributed by atoms with Crippen LogP contribution in [0.3, 0.4) is 0 Å². The second-order valence-corrected chi connectivity index (χ2v) is 6.70. The van der Waals surface area contributed by atoms with Crippen LogP contribution in [0, 0.1) is 0 Å². The Labute approximate surface area is 159 Å². The van der Waals surface area contributed by atoms with E-state index in [2.05, 4.69) is 20.2 Å². The van der Waals surface area contributed by atoms with E-state index in [4.69, 9.17) is 4.52 Å². The number of halogens is 3. The van der Waals surface area contributed by atoms with Gasteiger partial charge < -0.3 is 14.6 Å². The molecule has 0 amide bonds. The van der Waals surface area contributed by atoms with Crippen molar-refractivity contribution in [3.8, 4) is 28.6 Å². The third kappa shape index (κ3) is 4.51. The van der Waals surface area contributed by atoms with Crippen LogP contribution in [0.4, 0.5) is 13.2 Å². The lowest BCUT2D eigenvalue weighted by Gasteiger charge is -2.26. The molecule has 1 heterocycles. The molecule has 4 rings (SSSR count). The average molecular weight is 389 g/mol. The van der Waals surface area contributed by atoms with Gasteiger partial charge in [0.25, 0.3) is 5.89 Å². The summed E-state index contributed by atoms with van der Waals surface area (Å²) >= 11 is 0. The molecule has 28 heavy (non-hydrogen) atoms. The first-order valence-electron chi connectivity index (χ1n) is 8.99. The molecule has 0 saturated heterocycles. The van der Waals surface area contributed by atoms with Crippen LogP contribution in [-0.4, -0.2) is 22.5 Å². The lowest BCUT2D eigenvalue weighted by atomic mass is 9.93. The number of nitrogens with zero attached hydrogens (tertiary/aromatic N) is 2. The maximum Gasteiger partial charge on any atom is 0.573 e. The first-order chi connectivity index (χ1) is 13.5. The highest BCUT2D eigenvalue weighted by Crippen LogP contribution is 2.27. The third-order valence-corrected chi connectivity index (χ3v) is 4.67. The Balaban J connectivity index is 1.42. The summed E-state index contributed by atoms with van der Waals surface area (Å²) in [5, 5.41) is 7.47. The maximum atomic E-state index is 12.2. The molecule has 1 N–H and O–H groups in total. The summed E-state index contributed by atoms with van der Waals surface area (Å²) < 4.78 is 45.8. The van der Waals surface area contributed by atoms with E-state index in [1.165, 1.54) is 49.1 Å². The van der Waals surface area contributed by atoms with Gasteiger partial charge in [-0.15, -0.1) is 13.2 Å². The van der Waals surface area contributed by atoms with Gasteiger partial charge in [-0.2, -0.15) is 4.98 Å². The van der Waals surface area contributed by atoms with Gasteiger partial charge in [0.1, 0.15) is 5.75 Å². The fourth-order valence-electron chi connectivity index (χ4n) is 2.90. The maximum absolute atomic E-state index is 12.2. The normalized spacial score (nSPS) is 14.7. The number of benzene rings is 2. The van der Waals surface area contributed by atoms with E-state index in [0.717, 1.165) is 12.1 Å². The highest BCUT2D eigenvalue weighted by atomic mass is 19.4. The summed E-state index contributed by atoms with van der Waals surface area (Å²) in [7, 11) is 0. The number of ether oxygens (including phenoxy) is 1. The molecule has 8 heteroatoms. The van der Waals surface area contributed by atoms with Crippen molar-refractivity contribution in [1.29, 1.82) is 0 Å². The van der Waals surface area contributed by atoms with Crippen molar-refractivity contribution in [2.24, 2.45) is 0 Å². The first-order valence-corrected chi connectivity index (χ1v) is 8.99. The molecule has 0 spiro atoms. The fourth-order valence-corrected chi connectivity index (χ4v) is 2.90. The summed E-state index contributed by atoms with van der Waals surface area (Å²) in [4.78, 5) is 4.32. The zero-order chi connectivity index (χ0) is 19.6. The van der Waals surface area contributed by atoms with Crippen molar-refractivity contribution in [2.45, 2.75) is 38.2 Å². The van der Waals surface area contributed by atoms with Gasteiger partial charge in [-0.1, -0.05) is 35.8 Å². The molecule has 1 aromatic heterocycles. The molecule has 0 aliphatic heterocycles. The number of alkyl halides is 3. The van der Waals surface area contributed by atoms with Crippen LogP contribution in [0.2, 0.25) is 0 Å². The molecule has 1 fully saturated rings. The Hall–Kier alpha value is -2.87. The number of hydrogen-bond donors (Lipinski definition) is 1. The van der Waals surface area contributed by atoms with Gasteiger partial charge in [0, 0.05) is 23.7 Å². The van der Waals surface area contributed by atoms with Crippen LogP contribution < -0.4 is 10.1 Å². The Morgan fingerprint density at radius 3 is 2.29 bits per heavy atom. The number of hydrogen-bond acceptors (Lipinski definition) is 5. The average Bonchev–Trinajstić information content (AvgIpc) is 3.10. The van der Waals surface area contributed by atoms with Crippen LogP contribution in [0.1, 0.15) is 24.8 Å². The van der Waals surface area contributed by atoms with Crippen molar-refractivity contribution in [3.05, 3.63) is 54.1 Å². The van der Waals surface area contributed by atoms with Crippen molar-refractivity contribution >= 4 is 0 Å². The molecule has 0 bridgehead atoms. The summed E-state index contributed by atoms with van der Waals surface area (Å²) in [5.41, 5.74) is 2.49. The van der Waals surface area contributed by atoms with Crippen LogP contribution in [0.5, 0.6) is 5.75 Å². The highest BCUT2D eigenvalue weighted by Gasteiger charge is 2.31. The van der Waals surface area contributed by atoms with Gasteiger partial charge in [0.15, 0.2) is 0 Å². The zero-order valence-corrected chi connectivity index (χ0v) is 14.9. The van der Waals surface area contributed by atoms with Gasteiger partial charge in [0.2, 0.25) is 5.82 Å². The lowest BCUT2D eigenvalue weighted by Crippen LogP contribution is -2.34. The topological polar surface area (TPSA) is 60.2 Å². The van der Waals surface area contributed by atoms with Gasteiger partial charge in [-0.05, 0) is 42.7 Å². The van der Waals surface area contributed by atoms with E-state index in [1.807, 2.05) is 24.3 Å². The van der Waals surface area contributed by atoms with Crippen LogP contribution in [0.15, 0.2) is 53.1 Å². The minimum absolute atomic E-state index is 0.226. The predicted octanol–water partition coefficient (Wildman–Crippen LogP) is 4.94. The summed E-state index contributed by atoms with van der Waals surface area (Å²) in [6.45, 7) is 0.828. The predicted molar refractivity (Wildman–Crippen MR) is 96.3 cm³/mol. The monoisotopic (exact) mass is 389 g/mol. The Kier molecular flexibility index (Phi) is 5.04. The standard InChI is InChI=1S/C20H18F3N3O2/c21-20(22,23)27-17-10-8-15(9-11-17)19-25-18(26-28-19)14-6-4-13(5-7-14)12-24-16-2-1-3-16/h4-11,16,24H,1-3,12H2. The molecule has 146 valence electrons. The smallest absolute Gasteiger partial charge is 0.406 e. The third-order valence-electron chi connectivity index (χ3n) is 4.67. The van der Waals surface area contributed by atoms with Gasteiger partial charge in [-0.25, -0.2) is 0 Å². The number of aromatic nitrogens is 2. The molecule has 0 atom stereocenters. The molecule has 1 aliphatic rings. The Morgan fingerprint density at radius 2 is 1.68 bits per heavy atom. The van der Waals surface area contributed by atoms with Crippen molar-refractivity contribution in [2.75, 3.05) is 0 Å². The van der Waals surface area contributed by atoms with Crippen molar-refractivity contribution < 1.29 is 22.4 Å². The largest absolute Gasteiger partial charge is 0.573 e. The van der Waals surface area contributed by atoms with E-state index in [9.17, 15) is 13.2 Å². The summed E-state index contributed by atoms with van der Waals surface area (Å²) in [5.74, 6) is 0.343. The van der Waals surface area contributed by atoms with Crippen LogP contribution >= 0.6 is 0 Å². The first kappa shape index (κ1) is 18.5. The molecule has 0 unspecified atom stereocenters. The Bertz CT molecular complexity index is 917. The molecule has 2 aromatic carbocycles. The van der Waals surface area contributed by atoms with E-state index in [1.54, 1.807) is 0 Å². The molecule has 3 aromatic rings. The van der Waals surface area contributed by atoms with Gasteiger partial charge in [-0.3, -0.25) is 0 Å². The second kappa shape index (κ2) is 7.63. The summed E-state index contributed by atoms with van der Waals surface area (Å²) in [6, 6.07) is 13.8. The van der Waals surface area contributed by atoms with E-state index >= 15 is 0 Å². The highest BCUT2D eigenvalue weighted by molar-refractivity contribution is 5.60. The van der Waals surface area contributed by atoms with Crippen molar-refractivity contribution in [3.63, 3.8) is 0 Å². The zero-order valence-electron chi connectivity index (χ0n) is 14.9. The minimum Gasteiger partial charge on any atom is -0.406 e. The van der Waals surface area contributed by atoms with Gasteiger partial charge >= 0.3 is 6.36 Å². The summed E-state index contributed by atoms with van der Waals surface area (Å²) in [6.07, 6.45) is -0.937. The number of nitrogens with one attached hydrogen (secondary N) is 1. The SMILES string of the molecule is FC(F)(F)Oc1ccc(-c2nc(-c3ccc(CNC4CCC4)cc3)no2)cc1. The number of rotatable bonds is 6. The lowest BCUT2D eigenvalue weighted by molar-refractivity contribution is -0.274. The molecule has 1 saturated carbocycles. The van der Waals surface area contributed by atoms with Gasteiger partial charge in [0.05, 0.1) is 0 Å². The molecular weight excluding hydrogens is 371 g/mol. The minimum atomic E-state index is -4.72. The van der Waals surface area contributed by atoms with E-state index in [0.29, 0.717) is 17.4 Å². The van der Waals surface area contributed by atoms with Crippen LogP contribution in [-0.2, 0) is 6.54 Å². The van der Waals surface area contributed by atoms with Crippen LogP contribution in [0.25, 0.3) is 22.8 Å². The fraction of sp³-hybridized carbons (Fsp3) is 0.300. The molecule has 0 radical (unpaired) electrons. The van der Waals surface area contributed by atoms with Crippen molar-refractivity contribution in [1.82, 2.24) is 15.5 Å². The molecule has 1 aliphatic carbocycles.